The third-order valence-corrected chi connectivity index (χ3v) is 4.21. The lowest BCUT2D eigenvalue weighted by Crippen LogP contribution is -2.45. The predicted molar refractivity (Wildman–Crippen MR) is 97.0 cm³/mol. The minimum Gasteiger partial charge on any atom is -0.467 e. The van der Waals surface area contributed by atoms with Crippen LogP contribution in [0.15, 0.2) is 24.3 Å². The molecule has 0 heterocycles. The molecule has 0 aliphatic heterocycles. The van der Waals surface area contributed by atoms with E-state index >= 15 is 0 Å². The lowest BCUT2D eigenvalue weighted by atomic mass is 10.0. The molecule has 0 aliphatic rings. The van der Waals surface area contributed by atoms with E-state index in [0.717, 1.165) is 0 Å². The average Bonchev–Trinajstić information content (AvgIpc) is 2.58. The Hall–Kier alpha value is -1.53. The van der Waals surface area contributed by atoms with Crippen molar-refractivity contribution in [1.82, 2.24) is 5.32 Å². The zero-order chi connectivity index (χ0) is 18.3. The summed E-state index contributed by atoms with van der Waals surface area (Å²) in [5.74, 6) is -0.946. The van der Waals surface area contributed by atoms with Crippen LogP contribution in [0.2, 0.25) is 0 Å². The van der Waals surface area contributed by atoms with Crippen LogP contribution in [0.4, 0.5) is 0 Å². The number of carbonyl (C=O) groups is 3. The van der Waals surface area contributed by atoms with Gasteiger partial charge in [0.25, 0.3) is 5.91 Å². The number of hydrogen-bond acceptors (Lipinski definition) is 5. The van der Waals surface area contributed by atoms with Crippen molar-refractivity contribution in [3.63, 3.8) is 0 Å². The van der Waals surface area contributed by atoms with Crippen LogP contribution < -0.4 is 5.32 Å². The maximum absolute atomic E-state index is 12.4. The Labute approximate surface area is 152 Å². The molecule has 1 N–H and O–H groups in total. The lowest BCUT2D eigenvalue weighted by Gasteiger charge is -2.20. The highest BCUT2D eigenvalue weighted by Gasteiger charge is 2.25. The molecule has 5 nitrogen and oxygen atoms in total. The van der Waals surface area contributed by atoms with Crippen molar-refractivity contribution in [1.29, 1.82) is 0 Å². The minimum atomic E-state index is -0.754. The first-order valence-corrected chi connectivity index (χ1v) is 8.63. The van der Waals surface area contributed by atoms with Crippen molar-refractivity contribution >= 4 is 41.9 Å². The number of halogens is 1. The Bertz CT molecular complexity index is 606. The number of alkyl halides is 1. The van der Waals surface area contributed by atoms with Crippen LogP contribution in [0.25, 0.3) is 0 Å². The molecule has 0 fully saturated rings. The van der Waals surface area contributed by atoms with Crippen LogP contribution in [-0.2, 0) is 9.53 Å². The average molecular weight is 372 g/mol. The maximum Gasteiger partial charge on any atom is 0.328 e. The van der Waals surface area contributed by atoms with Gasteiger partial charge in [-0.1, -0.05) is 26.0 Å². The number of rotatable bonds is 8. The number of amides is 1. The zero-order valence-corrected chi connectivity index (χ0v) is 15.6. The normalized spacial score (nSPS) is 13.2. The molecular weight excluding hydrogens is 350 g/mol. The third kappa shape index (κ3) is 5.53. The summed E-state index contributed by atoms with van der Waals surface area (Å²) >= 11 is 9.86. The second kappa shape index (κ2) is 9.69. The number of hydrogen-bond donors (Lipinski definition) is 2. The highest BCUT2D eigenvalue weighted by atomic mass is 35.5. The molecular formula is C17H22ClNO4S. The van der Waals surface area contributed by atoms with Crippen LogP contribution in [0.1, 0.15) is 41.0 Å². The monoisotopic (exact) mass is 371 g/mol. The number of thiol groups is 1. The van der Waals surface area contributed by atoms with E-state index in [1.807, 2.05) is 0 Å². The summed E-state index contributed by atoms with van der Waals surface area (Å²) < 4.78 is 4.70. The molecule has 0 radical (unpaired) electrons. The molecule has 0 saturated heterocycles. The molecule has 132 valence electrons. The van der Waals surface area contributed by atoms with Gasteiger partial charge in [-0.25, -0.2) is 4.79 Å². The summed E-state index contributed by atoms with van der Waals surface area (Å²) in [6.07, 6.45) is 0.442. The standard InChI is InChI=1S/C17H22ClNO4S/c1-10(2)14(17(22)23-3)19-16(21)12-6-4-5-11(9-12)15(20)13(24)7-8-18/h4-6,9-10,13-14,24H,7-8H2,1-3H3,(H,19,21)/t13-,14-/m0/s1. The highest BCUT2D eigenvalue weighted by Crippen LogP contribution is 2.14. The highest BCUT2D eigenvalue weighted by molar-refractivity contribution is 7.81. The van der Waals surface area contributed by atoms with E-state index in [0.29, 0.717) is 23.4 Å². The van der Waals surface area contributed by atoms with Gasteiger partial charge in [-0.3, -0.25) is 9.59 Å². The van der Waals surface area contributed by atoms with Gasteiger partial charge >= 0.3 is 5.97 Å². The van der Waals surface area contributed by atoms with E-state index < -0.39 is 23.2 Å². The van der Waals surface area contributed by atoms with E-state index in [-0.39, 0.29) is 11.7 Å². The molecule has 7 heteroatoms. The van der Waals surface area contributed by atoms with Crippen molar-refractivity contribution in [3.05, 3.63) is 35.4 Å². The molecule has 1 aromatic carbocycles. The van der Waals surface area contributed by atoms with E-state index in [1.165, 1.54) is 13.2 Å². The van der Waals surface area contributed by atoms with Crippen molar-refractivity contribution in [2.75, 3.05) is 13.0 Å². The molecule has 0 spiro atoms. The van der Waals surface area contributed by atoms with Crippen molar-refractivity contribution in [2.24, 2.45) is 5.92 Å². The molecule has 1 aromatic rings. The Morgan fingerprint density at radius 2 is 1.88 bits per heavy atom. The number of ketones is 1. The number of ether oxygens (including phenoxy) is 1. The smallest absolute Gasteiger partial charge is 0.328 e. The number of Topliss-reactive ketones (excluding diaryl/α,β-unsaturated/α-hetero) is 1. The van der Waals surface area contributed by atoms with Gasteiger partial charge in [-0.05, 0) is 24.5 Å². The minimum absolute atomic E-state index is 0.128. The van der Waals surface area contributed by atoms with Gasteiger partial charge in [0.1, 0.15) is 6.04 Å². The number of carbonyl (C=O) groups excluding carboxylic acids is 3. The fourth-order valence-corrected chi connectivity index (χ4v) is 2.74. The van der Waals surface area contributed by atoms with E-state index in [9.17, 15) is 14.4 Å². The van der Waals surface area contributed by atoms with Gasteiger partial charge in [0.15, 0.2) is 5.78 Å². The van der Waals surface area contributed by atoms with Crippen molar-refractivity contribution in [2.45, 2.75) is 31.6 Å². The van der Waals surface area contributed by atoms with Crippen molar-refractivity contribution < 1.29 is 19.1 Å². The van der Waals surface area contributed by atoms with Crippen LogP contribution in [0, 0.1) is 5.92 Å². The molecule has 0 unspecified atom stereocenters. The van der Waals surface area contributed by atoms with E-state index in [4.69, 9.17) is 16.3 Å². The summed E-state index contributed by atoms with van der Waals surface area (Å²) in [5, 5.41) is 2.12. The summed E-state index contributed by atoms with van der Waals surface area (Å²) in [6, 6.07) is 5.55. The maximum atomic E-state index is 12.4. The Balaban J connectivity index is 2.94. The number of benzene rings is 1. The SMILES string of the molecule is COC(=O)[C@@H](NC(=O)c1cccc(C(=O)[C@@H](S)CCCl)c1)C(C)C. The number of esters is 1. The van der Waals surface area contributed by atoms with Gasteiger partial charge in [0.2, 0.25) is 0 Å². The summed E-state index contributed by atoms with van der Waals surface area (Å²) in [4.78, 5) is 36.4. The van der Waals surface area contributed by atoms with Crippen LogP contribution in [-0.4, -0.2) is 41.9 Å². The van der Waals surface area contributed by atoms with Gasteiger partial charge in [0.05, 0.1) is 12.4 Å². The molecule has 1 rings (SSSR count). The Morgan fingerprint density at radius 3 is 2.42 bits per heavy atom. The van der Waals surface area contributed by atoms with E-state index in [1.54, 1.807) is 32.0 Å². The quantitative estimate of drug-likeness (QED) is 0.319. The second-order valence-corrected chi connectivity index (χ2v) is 6.66. The van der Waals surface area contributed by atoms with Gasteiger partial charge < -0.3 is 10.1 Å². The molecule has 2 atom stereocenters. The molecule has 0 aliphatic carbocycles. The summed E-state index contributed by atoms with van der Waals surface area (Å²) in [5.41, 5.74) is 0.675. The Kier molecular flexibility index (Phi) is 8.28. The van der Waals surface area contributed by atoms with Crippen LogP contribution >= 0.6 is 24.2 Å². The molecule has 0 aromatic heterocycles. The summed E-state index contributed by atoms with van der Waals surface area (Å²) in [6.45, 7) is 3.61. The topological polar surface area (TPSA) is 72.5 Å². The number of methoxy groups -OCH3 is 1. The van der Waals surface area contributed by atoms with Crippen LogP contribution in [0.3, 0.4) is 0 Å². The molecule has 1 amide bonds. The first-order valence-electron chi connectivity index (χ1n) is 7.58. The van der Waals surface area contributed by atoms with Gasteiger partial charge in [-0.2, -0.15) is 12.6 Å². The fourth-order valence-electron chi connectivity index (χ4n) is 2.09. The first-order chi connectivity index (χ1) is 11.3. The second-order valence-electron chi connectivity index (χ2n) is 5.66. The van der Waals surface area contributed by atoms with Crippen LogP contribution in [0.5, 0.6) is 0 Å². The molecule has 0 bridgehead atoms. The largest absolute Gasteiger partial charge is 0.467 e. The lowest BCUT2D eigenvalue weighted by molar-refractivity contribution is -0.144. The predicted octanol–water partition coefficient (Wildman–Crippen LogP) is 2.72. The summed E-state index contributed by atoms with van der Waals surface area (Å²) in [7, 11) is 1.27. The van der Waals surface area contributed by atoms with Gasteiger partial charge in [-0.15, -0.1) is 11.6 Å². The third-order valence-electron chi connectivity index (χ3n) is 3.50. The molecule has 24 heavy (non-hydrogen) atoms. The van der Waals surface area contributed by atoms with E-state index in [2.05, 4.69) is 17.9 Å². The first kappa shape index (κ1) is 20.5. The van der Waals surface area contributed by atoms with Crippen molar-refractivity contribution in [3.8, 4) is 0 Å². The Morgan fingerprint density at radius 1 is 1.25 bits per heavy atom. The zero-order valence-electron chi connectivity index (χ0n) is 13.9. The molecule has 0 saturated carbocycles. The van der Waals surface area contributed by atoms with Gasteiger partial charge in [0, 0.05) is 17.0 Å². The fraction of sp³-hybridized carbons (Fsp3) is 0.471. The number of nitrogens with one attached hydrogen (secondary N) is 1.